The molecule has 1 saturated heterocycles. The molecule has 0 aromatic rings. The molecule has 1 aliphatic rings. The Bertz CT molecular complexity index is 453. The quantitative estimate of drug-likeness (QED) is 0.349. The third-order valence-electron chi connectivity index (χ3n) is 3.35. The Morgan fingerprint density at radius 1 is 1.23 bits per heavy atom. The third kappa shape index (κ3) is 7.52. The van der Waals surface area contributed by atoms with Crippen LogP contribution in [0, 0.1) is 0 Å². The van der Waals surface area contributed by atoms with Gasteiger partial charge < -0.3 is 9.66 Å². The van der Waals surface area contributed by atoms with Gasteiger partial charge in [0.25, 0.3) is 0 Å². The molecule has 1 N–H and O–H groups in total. The number of aliphatic hydroxyl groups is 1. The summed E-state index contributed by atoms with van der Waals surface area (Å²) in [5, 5.41) is 11.6. The SMILES string of the molecule is CC(C)(O)CON1C(C)(C)CC(OS(=O)(=O)[O-])CC1(C)C.[K+]. The Balaban J connectivity index is 0.00000441. The van der Waals surface area contributed by atoms with Gasteiger partial charge in [-0.2, -0.15) is 5.06 Å². The van der Waals surface area contributed by atoms with Gasteiger partial charge in [0.15, 0.2) is 0 Å². The fourth-order valence-corrected chi connectivity index (χ4v) is 3.45. The van der Waals surface area contributed by atoms with Crippen molar-refractivity contribution >= 4 is 10.4 Å². The van der Waals surface area contributed by atoms with Crippen LogP contribution in [0.1, 0.15) is 54.4 Å². The molecule has 0 aromatic heterocycles. The number of hydroxylamine groups is 2. The average Bonchev–Trinajstić information content (AvgIpc) is 2.06. The molecule has 0 radical (unpaired) electrons. The molecule has 0 bridgehead atoms. The van der Waals surface area contributed by atoms with Crippen molar-refractivity contribution in [3.8, 4) is 0 Å². The van der Waals surface area contributed by atoms with E-state index in [1.807, 2.05) is 27.7 Å². The van der Waals surface area contributed by atoms with E-state index in [4.69, 9.17) is 4.84 Å². The zero-order valence-corrected chi connectivity index (χ0v) is 18.5. The summed E-state index contributed by atoms with van der Waals surface area (Å²) in [5.41, 5.74) is -2.05. The second-order valence-electron chi connectivity index (χ2n) is 7.54. The summed E-state index contributed by atoms with van der Waals surface area (Å²) in [6, 6.07) is 0. The largest absolute Gasteiger partial charge is 1.00 e. The van der Waals surface area contributed by atoms with Crippen molar-refractivity contribution in [1.29, 1.82) is 0 Å². The van der Waals surface area contributed by atoms with Crippen LogP contribution < -0.4 is 51.4 Å². The first kappa shape index (κ1) is 23.4. The smallest absolute Gasteiger partial charge is 0.726 e. The molecule has 0 amide bonds. The molecule has 0 spiro atoms. The Labute approximate surface area is 176 Å². The fraction of sp³-hybridized carbons (Fsp3) is 1.00. The van der Waals surface area contributed by atoms with Crippen LogP contribution in [0.15, 0.2) is 0 Å². The topological polar surface area (TPSA) is 99.1 Å². The van der Waals surface area contributed by atoms with Gasteiger partial charge in [-0.3, -0.25) is 9.02 Å². The van der Waals surface area contributed by atoms with Crippen molar-refractivity contribution in [2.24, 2.45) is 0 Å². The van der Waals surface area contributed by atoms with Crippen molar-refractivity contribution in [3.05, 3.63) is 0 Å². The van der Waals surface area contributed by atoms with Crippen LogP contribution in [0.2, 0.25) is 0 Å². The van der Waals surface area contributed by atoms with Crippen molar-refractivity contribution in [1.82, 2.24) is 5.06 Å². The van der Waals surface area contributed by atoms with Crippen LogP contribution in [0.5, 0.6) is 0 Å². The normalized spacial score (nSPS) is 23.1. The summed E-state index contributed by atoms with van der Waals surface area (Å²) in [4.78, 5) is 5.76. The molecular weight excluding hydrogens is 337 g/mol. The molecule has 7 nitrogen and oxygen atoms in total. The number of hydrogen-bond donors (Lipinski definition) is 1. The van der Waals surface area contributed by atoms with Crippen LogP contribution in [0.25, 0.3) is 0 Å². The molecule has 0 aliphatic carbocycles. The van der Waals surface area contributed by atoms with Crippen LogP contribution >= 0.6 is 0 Å². The molecule has 1 fully saturated rings. The van der Waals surface area contributed by atoms with Crippen LogP contribution in [0.4, 0.5) is 0 Å². The number of hydrogen-bond acceptors (Lipinski definition) is 7. The molecular formula is C13H26KNO6S. The summed E-state index contributed by atoms with van der Waals surface area (Å²) in [5.74, 6) is 0. The standard InChI is InChI=1S/C13H27NO6S.K/c1-11(2)7-10(20-21(16,17)18)8-12(3,4)14(11)19-9-13(5,6)15;/h10,15H,7-9H2,1-6H3,(H,16,17,18);/q;+1/p-1. The molecule has 126 valence electrons. The van der Waals surface area contributed by atoms with E-state index in [1.165, 1.54) is 0 Å². The van der Waals surface area contributed by atoms with Gasteiger partial charge in [-0.25, -0.2) is 8.42 Å². The van der Waals surface area contributed by atoms with E-state index in [0.29, 0.717) is 12.8 Å². The fourth-order valence-electron chi connectivity index (χ4n) is 2.98. The summed E-state index contributed by atoms with van der Waals surface area (Å²) < 4.78 is 37.0. The molecule has 0 aromatic carbocycles. The van der Waals surface area contributed by atoms with Gasteiger partial charge in [-0.1, -0.05) is 0 Å². The second-order valence-corrected chi connectivity index (χ2v) is 8.55. The predicted molar refractivity (Wildman–Crippen MR) is 76.1 cm³/mol. The summed E-state index contributed by atoms with van der Waals surface area (Å²) >= 11 is 0. The third-order valence-corrected chi connectivity index (χ3v) is 3.86. The molecule has 1 rings (SSSR count). The molecule has 1 aliphatic heterocycles. The monoisotopic (exact) mass is 363 g/mol. The minimum absolute atomic E-state index is 0. The summed E-state index contributed by atoms with van der Waals surface area (Å²) in [7, 11) is -4.73. The molecule has 0 saturated carbocycles. The Morgan fingerprint density at radius 3 is 1.95 bits per heavy atom. The Kier molecular flexibility index (Phi) is 8.22. The maximum Gasteiger partial charge on any atom is 1.00 e. The zero-order chi connectivity index (χ0) is 16.7. The van der Waals surface area contributed by atoms with Gasteiger partial charge in [0.2, 0.25) is 10.4 Å². The van der Waals surface area contributed by atoms with Crippen LogP contribution in [0.3, 0.4) is 0 Å². The van der Waals surface area contributed by atoms with Crippen molar-refractivity contribution in [2.75, 3.05) is 6.61 Å². The Hall–Kier alpha value is 1.39. The first-order chi connectivity index (χ1) is 9.12. The van der Waals surface area contributed by atoms with Crippen molar-refractivity contribution in [2.45, 2.75) is 77.2 Å². The van der Waals surface area contributed by atoms with Crippen LogP contribution in [-0.4, -0.2) is 52.5 Å². The van der Waals surface area contributed by atoms with Crippen molar-refractivity contribution < 1.29 is 78.5 Å². The number of rotatable bonds is 5. The van der Waals surface area contributed by atoms with E-state index in [1.54, 1.807) is 18.9 Å². The first-order valence-corrected chi connectivity index (χ1v) is 8.25. The van der Waals surface area contributed by atoms with Gasteiger partial charge >= 0.3 is 51.4 Å². The maximum atomic E-state index is 10.8. The first-order valence-electron chi connectivity index (χ1n) is 6.92. The van der Waals surface area contributed by atoms with E-state index < -0.39 is 33.2 Å². The Morgan fingerprint density at radius 2 is 1.64 bits per heavy atom. The number of piperidine rings is 1. The minimum atomic E-state index is -4.73. The van der Waals surface area contributed by atoms with E-state index in [-0.39, 0.29) is 58.0 Å². The van der Waals surface area contributed by atoms with Gasteiger partial charge in [0, 0.05) is 11.1 Å². The minimum Gasteiger partial charge on any atom is -0.726 e. The average molecular weight is 364 g/mol. The summed E-state index contributed by atoms with van der Waals surface area (Å²) in [6.45, 7) is 10.9. The zero-order valence-electron chi connectivity index (χ0n) is 14.5. The van der Waals surface area contributed by atoms with Gasteiger partial charge in [0.05, 0.1) is 18.3 Å². The molecule has 9 heteroatoms. The molecule has 0 atom stereocenters. The van der Waals surface area contributed by atoms with E-state index in [9.17, 15) is 18.1 Å². The van der Waals surface area contributed by atoms with Crippen LogP contribution in [-0.2, 0) is 19.4 Å². The van der Waals surface area contributed by atoms with E-state index in [2.05, 4.69) is 4.18 Å². The second kappa shape index (κ2) is 7.73. The maximum absolute atomic E-state index is 10.8. The molecule has 0 unspecified atom stereocenters. The van der Waals surface area contributed by atoms with E-state index >= 15 is 0 Å². The molecule has 1 heterocycles. The summed E-state index contributed by atoms with van der Waals surface area (Å²) in [6.07, 6.45) is -0.00691. The van der Waals surface area contributed by atoms with E-state index in [0.717, 1.165) is 0 Å². The molecule has 22 heavy (non-hydrogen) atoms. The predicted octanol–water partition coefficient (Wildman–Crippen LogP) is -1.81. The van der Waals surface area contributed by atoms with Gasteiger partial charge in [0.1, 0.15) is 0 Å². The van der Waals surface area contributed by atoms with Gasteiger partial charge in [-0.05, 0) is 54.4 Å². The number of nitrogens with zero attached hydrogens (tertiary/aromatic N) is 1. The van der Waals surface area contributed by atoms with Crippen molar-refractivity contribution in [3.63, 3.8) is 0 Å². The van der Waals surface area contributed by atoms with Gasteiger partial charge in [-0.15, -0.1) is 0 Å².